The first-order chi connectivity index (χ1) is 4.23. The van der Waals surface area contributed by atoms with Gasteiger partial charge in [-0.05, 0) is 4.84 Å². The summed E-state index contributed by atoms with van der Waals surface area (Å²) in [6, 6.07) is 0. The molecule has 0 aliphatic heterocycles. The van der Waals surface area contributed by atoms with Crippen LogP contribution in [0.1, 0.15) is 6.42 Å². The van der Waals surface area contributed by atoms with Crippen molar-refractivity contribution < 1.29 is 21.7 Å². The van der Waals surface area contributed by atoms with Crippen LogP contribution in [-0.2, 0) is 21.7 Å². The molecular formula is C7H8Cl2Ti. The molecular weight excluding hydrogens is 203 g/mol. The van der Waals surface area contributed by atoms with E-state index in [0.717, 1.165) is 6.42 Å². The SMILES string of the molecule is [C-]1=CC=CC1.[CH2-]C(Cl)Cl.[Ti+2]. The van der Waals surface area contributed by atoms with Gasteiger partial charge in [0.15, 0.2) is 0 Å². The Balaban J connectivity index is 0. The van der Waals surface area contributed by atoms with Gasteiger partial charge in [0.05, 0.1) is 0 Å². The molecule has 0 N–H and O–H groups in total. The van der Waals surface area contributed by atoms with Crippen LogP contribution >= 0.6 is 23.2 Å². The van der Waals surface area contributed by atoms with Crippen LogP contribution in [0.2, 0.25) is 0 Å². The van der Waals surface area contributed by atoms with Crippen molar-refractivity contribution in [2.75, 3.05) is 0 Å². The van der Waals surface area contributed by atoms with E-state index in [1.54, 1.807) is 0 Å². The van der Waals surface area contributed by atoms with Gasteiger partial charge in [0.25, 0.3) is 0 Å². The third-order valence-corrected chi connectivity index (χ3v) is 0.586. The van der Waals surface area contributed by atoms with Gasteiger partial charge in [0.1, 0.15) is 0 Å². The smallest absolute Gasteiger partial charge is 0.311 e. The molecule has 10 heavy (non-hydrogen) atoms. The van der Waals surface area contributed by atoms with Crippen molar-refractivity contribution in [1.29, 1.82) is 0 Å². The summed E-state index contributed by atoms with van der Waals surface area (Å²) in [5.41, 5.74) is 0. The van der Waals surface area contributed by atoms with Crippen LogP contribution in [0.3, 0.4) is 0 Å². The molecule has 0 heterocycles. The molecule has 1 aliphatic rings. The summed E-state index contributed by atoms with van der Waals surface area (Å²) in [4.78, 5) is -0.472. The Morgan fingerprint density at radius 2 is 2.00 bits per heavy atom. The number of rotatable bonds is 0. The van der Waals surface area contributed by atoms with Crippen LogP contribution in [0.25, 0.3) is 0 Å². The summed E-state index contributed by atoms with van der Waals surface area (Å²) in [5, 5.41) is 0. The van der Waals surface area contributed by atoms with Crippen molar-refractivity contribution in [2.45, 2.75) is 11.3 Å². The largest absolute Gasteiger partial charge is 2.00 e. The Bertz CT molecular complexity index is 95.4. The molecule has 3 heteroatoms. The van der Waals surface area contributed by atoms with Gasteiger partial charge in [-0.2, -0.15) is 6.08 Å². The van der Waals surface area contributed by atoms with Crippen LogP contribution < -0.4 is 0 Å². The second kappa shape index (κ2) is 9.77. The topological polar surface area (TPSA) is 0 Å². The average Bonchev–Trinajstić information content (AvgIpc) is 2.11. The van der Waals surface area contributed by atoms with Crippen molar-refractivity contribution in [2.24, 2.45) is 0 Å². The van der Waals surface area contributed by atoms with Gasteiger partial charge >= 0.3 is 21.7 Å². The summed E-state index contributed by atoms with van der Waals surface area (Å²) >= 11 is 9.86. The standard InChI is InChI=1S/C5H5.C2H3Cl2.Ti/c1-2-4-5-3-1;1-2(3)4;/h1-3H,4H2;2H,1H2;/q2*-1;+2. The van der Waals surface area contributed by atoms with Crippen LogP contribution in [0, 0.1) is 13.0 Å². The normalized spacial score (nSPS) is 12.4. The minimum Gasteiger partial charge on any atom is -0.311 e. The zero-order valence-electron chi connectivity index (χ0n) is 5.48. The van der Waals surface area contributed by atoms with Crippen molar-refractivity contribution in [3.05, 3.63) is 31.2 Å². The number of allylic oxidation sites excluding steroid dienone is 4. The van der Waals surface area contributed by atoms with Gasteiger partial charge in [-0.15, -0.1) is 29.6 Å². The molecule has 1 aliphatic carbocycles. The van der Waals surface area contributed by atoms with E-state index >= 15 is 0 Å². The molecule has 0 aromatic carbocycles. The van der Waals surface area contributed by atoms with E-state index in [-0.39, 0.29) is 21.7 Å². The third kappa shape index (κ3) is 15.9. The van der Waals surface area contributed by atoms with E-state index in [1.807, 2.05) is 12.2 Å². The second-order valence-electron chi connectivity index (χ2n) is 1.39. The average molecular weight is 211 g/mol. The van der Waals surface area contributed by atoms with Crippen molar-refractivity contribution in [1.82, 2.24) is 0 Å². The maximum atomic E-state index is 4.93. The molecule has 0 bridgehead atoms. The summed E-state index contributed by atoms with van der Waals surface area (Å²) in [6.07, 6.45) is 10.0. The number of hydrogen-bond donors (Lipinski definition) is 0. The van der Waals surface area contributed by atoms with E-state index in [2.05, 4.69) is 19.1 Å². The van der Waals surface area contributed by atoms with Crippen molar-refractivity contribution in [3.8, 4) is 0 Å². The van der Waals surface area contributed by atoms with E-state index in [9.17, 15) is 0 Å². The predicted molar refractivity (Wildman–Crippen MR) is 42.4 cm³/mol. The first-order valence-corrected chi connectivity index (χ1v) is 3.43. The molecule has 1 rings (SSSR count). The van der Waals surface area contributed by atoms with E-state index < -0.39 is 4.84 Å². The quantitative estimate of drug-likeness (QED) is 0.328. The fraction of sp³-hybridized carbons (Fsp3) is 0.286. The molecule has 0 saturated carbocycles. The minimum absolute atomic E-state index is 0. The molecule has 0 spiro atoms. The van der Waals surface area contributed by atoms with Gasteiger partial charge in [-0.25, -0.2) is 12.2 Å². The van der Waals surface area contributed by atoms with E-state index in [4.69, 9.17) is 23.2 Å². The summed E-state index contributed by atoms with van der Waals surface area (Å²) in [7, 11) is 0. The Labute approximate surface area is 87.2 Å². The van der Waals surface area contributed by atoms with E-state index in [0.29, 0.717) is 0 Å². The molecule has 0 atom stereocenters. The maximum Gasteiger partial charge on any atom is 2.00 e. The first-order valence-electron chi connectivity index (χ1n) is 2.56. The van der Waals surface area contributed by atoms with E-state index in [1.165, 1.54) is 0 Å². The van der Waals surface area contributed by atoms with Gasteiger partial charge in [-0.3, -0.25) is 6.08 Å². The molecule has 0 aromatic heterocycles. The summed E-state index contributed by atoms with van der Waals surface area (Å²) < 4.78 is 0. The summed E-state index contributed by atoms with van der Waals surface area (Å²) in [5.74, 6) is 0. The van der Waals surface area contributed by atoms with Gasteiger partial charge in [0, 0.05) is 0 Å². The minimum atomic E-state index is -0.472. The molecule has 0 amide bonds. The Hall–Kier alpha value is 0.774. The van der Waals surface area contributed by atoms with Crippen molar-refractivity contribution in [3.63, 3.8) is 0 Å². The first kappa shape index (κ1) is 13.4. The zero-order chi connectivity index (χ0) is 7.11. The summed E-state index contributed by atoms with van der Waals surface area (Å²) in [6.45, 7) is 3.17. The van der Waals surface area contributed by atoms with Gasteiger partial charge in [-0.1, -0.05) is 0 Å². The fourth-order valence-corrected chi connectivity index (χ4v) is 0.340. The van der Waals surface area contributed by atoms with Gasteiger partial charge in [0.2, 0.25) is 0 Å². The Morgan fingerprint density at radius 1 is 1.50 bits per heavy atom. The number of hydrogen-bond acceptors (Lipinski definition) is 0. The maximum absolute atomic E-state index is 4.93. The van der Waals surface area contributed by atoms with Crippen LogP contribution in [0.15, 0.2) is 18.2 Å². The van der Waals surface area contributed by atoms with Crippen molar-refractivity contribution >= 4 is 23.2 Å². The predicted octanol–water partition coefficient (Wildman–Crippen LogP) is 2.93. The molecule has 54 valence electrons. The number of halogens is 2. The fourth-order valence-electron chi connectivity index (χ4n) is 0.340. The van der Waals surface area contributed by atoms with Crippen LogP contribution in [0.4, 0.5) is 0 Å². The molecule has 0 fully saturated rings. The second-order valence-corrected chi connectivity index (χ2v) is 2.67. The monoisotopic (exact) mass is 210 g/mol. The Kier molecular flexibility index (Phi) is 13.1. The molecule has 0 unspecified atom stereocenters. The Morgan fingerprint density at radius 3 is 2.10 bits per heavy atom. The molecule has 0 nitrogen and oxygen atoms in total. The third-order valence-electron chi connectivity index (χ3n) is 0.586. The molecule has 0 aromatic rings. The molecule has 0 radical (unpaired) electrons. The zero-order valence-corrected chi connectivity index (χ0v) is 8.55. The van der Waals surface area contributed by atoms with Crippen LogP contribution in [-0.4, -0.2) is 4.84 Å². The molecule has 0 saturated heterocycles. The van der Waals surface area contributed by atoms with Crippen LogP contribution in [0.5, 0.6) is 0 Å². The number of alkyl halides is 2. The van der Waals surface area contributed by atoms with Gasteiger partial charge < -0.3 is 6.92 Å².